The second kappa shape index (κ2) is 5.03. The van der Waals surface area contributed by atoms with E-state index in [9.17, 15) is 14.7 Å². The summed E-state index contributed by atoms with van der Waals surface area (Å²) in [7, 11) is 0. The summed E-state index contributed by atoms with van der Waals surface area (Å²) < 4.78 is 5.31. The number of carbonyl (C=O) groups excluding carboxylic acids is 1. The van der Waals surface area contributed by atoms with Crippen molar-refractivity contribution in [1.29, 1.82) is 0 Å². The Bertz CT molecular complexity index is 968. The lowest BCUT2D eigenvalue weighted by Gasteiger charge is -2.06. The second-order valence-corrected chi connectivity index (χ2v) is 5.46. The van der Waals surface area contributed by atoms with Crippen molar-refractivity contribution < 1.29 is 14.3 Å². The zero-order valence-corrected chi connectivity index (χ0v) is 12.6. The Kier molecular flexibility index (Phi) is 3.30. The maximum atomic E-state index is 12.6. The van der Waals surface area contributed by atoms with Crippen LogP contribution < -0.4 is 5.56 Å². The summed E-state index contributed by atoms with van der Waals surface area (Å²) in [4.78, 5) is 27.3. The van der Waals surface area contributed by atoms with Gasteiger partial charge in [0.25, 0.3) is 5.56 Å². The predicted molar refractivity (Wildman–Crippen MR) is 82.9 cm³/mol. The normalized spacial score (nSPS) is 11.0. The van der Waals surface area contributed by atoms with Crippen molar-refractivity contribution in [3.05, 3.63) is 62.3 Å². The number of aromatic nitrogens is 1. The first-order valence-electron chi connectivity index (χ1n) is 6.54. The van der Waals surface area contributed by atoms with Gasteiger partial charge in [0.05, 0.1) is 11.1 Å². The number of halogens is 1. The molecule has 3 aromatic rings. The molecule has 0 unspecified atom stereocenters. The molecule has 0 aliphatic rings. The van der Waals surface area contributed by atoms with E-state index in [4.69, 9.17) is 16.0 Å². The highest BCUT2D eigenvalue weighted by molar-refractivity contribution is 6.31. The van der Waals surface area contributed by atoms with Crippen molar-refractivity contribution in [3.8, 4) is 5.75 Å². The maximum absolute atomic E-state index is 12.6. The smallest absolute Gasteiger partial charge is 0.263 e. The van der Waals surface area contributed by atoms with Crippen molar-refractivity contribution in [1.82, 2.24) is 4.98 Å². The molecule has 0 bridgehead atoms. The third-order valence-corrected chi connectivity index (χ3v) is 3.70. The SMILES string of the molecule is Cc1cc(C(=O)c2c(O)c3ccc(Cl)cc3[nH]c2=O)c(C)o1. The molecule has 0 amide bonds. The minimum absolute atomic E-state index is 0.256. The molecule has 0 atom stereocenters. The number of rotatable bonds is 2. The molecule has 2 heterocycles. The van der Waals surface area contributed by atoms with Crippen LogP contribution >= 0.6 is 11.6 Å². The molecule has 6 heteroatoms. The number of aryl methyl sites for hydroxylation is 2. The number of hydrogen-bond donors (Lipinski definition) is 2. The van der Waals surface area contributed by atoms with E-state index < -0.39 is 11.3 Å². The van der Waals surface area contributed by atoms with Crippen LogP contribution in [0.25, 0.3) is 10.9 Å². The van der Waals surface area contributed by atoms with Crippen molar-refractivity contribution in [2.24, 2.45) is 0 Å². The zero-order valence-electron chi connectivity index (χ0n) is 11.9. The van der Waals surface area contributed by atoms with E-state index >= 15 is 0 Å². The topological polar surface area (TPSA) is 83.3 Å². The molecule has 112 valence electrons. The molecule has 0 saturated heterocycles. The summed E-state index contributed by atoms with van der Waals surface area (Å²) in [6, 6.07) is 6.18. The first-order chi connectivity index (χ1) is 10.4. The summed E-state index contributed by atoms with van der Waals surface area (Å²) in [6.07, 6.45) is 0. The van der Waals surface area contributed by atoms with Crippen molar-refractivity contribution in [2.45, 2.75) is 13.8 Å². The molecule has 1 aromatic carbocycles. The van der Waals surface area contributed by atoms with Gasteiger partial charge in [0.2, 0.25) is 5.78 Å². The first-order valence-corrected chi connectivity index (χ1v) is 6.92. The predicted octanol–water partition coefficient (Wildman–Crippen LogP) is 3.33. The monoisotopic (exact) mass is 317 g/mol. The minimum Gasteiger partial charge on any atom is -0.506 e. The molecule has 0 spiro atoms. The summed E-state index contributed by atoms with van der Waals surface area (Å²) in [5.74, 6) is 0.0189. The lowest BCUT2D eigenvalue weighted by Crippen LogP contribution is -2.19. The van der Waals surface area contributed by atoms with Crippen molar-refractivity contribution >= 4 is 28.3 Å². The number of hydrogen-bond acceptors (Lipinski definition) is 4. The molecule has 0 radical (unpaired) electrons. The summed E-state index contributed by atoms with van der Waals surface area (Å²) in [5.41, 5.74) is -0.354. The molecular formula is C16H12ClNO4. The van der Waals surface area contributed by atoms with E-state index in [1.165, 1.54) is 6.07 Å². The number of furan rings is 1. The Hall–Kier alpha value is -2.53. The van der Waals surface area contributed by atoms with Gasteiger partial charge < -0.3 is 14.5 Å². The maximum Gasteiger partial charge on any atom is 0.263 e. The van der Waals surface area contributed by atoms with Gasteiger partial charge in [0, 0.05) is 10.4 Å². The fourth-order valence-corrected chi connectivity index (χ4v) is 2.63. The molecule has 3 rings (SSSR count). The largest absolute Gasteiger partial charge is 0.506 e. The van der Waals surface area contributed by atoms with Gasteiger partial charge in [-0.25, -0.2) is 0 Å². The molecule has 0 aliphatic heterocycles. The number of aromatic amines is 1. The number of benzene rings is 1. The van der Waals surface area contributed by atoms with Gasteiger partial charge in [0.1, 0.15) is 22.8 Å². The van der Waals surface area contributed by atoms with E-state index in [1.807, 2.05) is 0 Å². The summed E-state index contributed by atoms with van der Waals surface area (Å²) in [5, 5.41) is 11.1. The summed E-state index contributed by atoms with van der Waals surface area (Å²) >= 11 is 5.86. The van der Waals surface area contributed by atoms with Gasteiger partial charge in [0.15, 0.2) is 0 Å². The number of carbonyl (C=O) groups is 1. The van der Waals surface area contributed by atoms with Crippen LogP contribution in [0.4, 0.5) is 0 Å². The number of fused-ring (bicyclic) bond motifs is 1. The van der Waals surface area contributed by atoms with Crippen LogP contribution in [0.1, 0.15) is 27.4 Å². The van der Waals surface area contributed by atoms with Crippen LogP contribution in [0.15, 0.2) is 33.5 Å². The lowest BCUT2D eigenvalue weighted by molar-refractivity contribution is 0.103. The van der Waals surface area contributed by atoms with Crippen LogP contribution in [0, 0.1) is 13.8 Å². The Morgan fingerprint density at radius 3 is 2.64 bits per heavy atom. The number of aromatic hydroxyl groups is 1. The highest BCUT2D eigenvalue weighted by Crippen LogP contribution is 2.29. The van der Waals surface area contributed by atoms with Crippen molar-refractivity contribution in [2.75, 3.05) is 0 Å². The molecule has 2 N–H and O–H groups in total. The van der Waals surface area contributed by atoms with Crippen LogP contribution in [-0.4, -0.2) is 15.9 Å². The molecule has 2 aromatic heterocycles. The van der Waals surface area contributed by atoms with Gasteiger partial charge in [-0.05, 0) is 38.1 Å². The number of pyridine rings is 1. The van der Waals surface area contributed by atoms with Crippen LogP contribution in [0.3, 0.4) is 0 Å². The van der Waals surface area contributed by atoms with Crippen LogP contribution in [-0.2, 0) is 0 Å². The number of ketones is 1. The fraction of sp³-hybridized carbons (Fsp3) is 0.125. The van der Waals surface area contributed by atoms with Gasteiger partial charge in [-0.1, -0.05) is 11.6 Å². The Morgan fingerprint density at radius 2 is 2.00 bits per heavy atom. The molecule has 5 nitrogen and oxygen atoms in total. The average molecular weight is 318 g/mol. The minimum atomic E-state index is -0.671. The molecule has 0 aliphatic carbocycles. The van der Waals surface area contributed by atoms with Gasteiger partial charge in [-0.2, -0.15) is 0 Å². The van der Waals surface area contributed by atoms with E-state index in [-0.39, 0.29) is 16.9 Å². The zero-order chi connectivity index (χ0) is 16.0. The Morgan fingerprint density at radius 1 is 1.27 bits per heavy atom. The highest BCUT2D eigenvalue weighted by Gasteiger charge is 2.23. The standard InChI is InChI=1S/C16H12ClNO4/c1-7-5-11(8(2)22-7)15(20)13-14(19)10-4-3-9(17)6-12(10)18-16(13)21/h3-6H,1-2H3,(H2,18,19,21). The summed E-state index contributed by atoms with van der Waals surface area (Å²) in [6.45, 7) is 3.34. The van der Waals surface area contributed by atoms with Gasteiger partial charge >= 0.3 is 0 Å². The van der Waals surface area contributed by atoms with Crippen LogP contribution in [0.5, 0.6) is 5.75 Å². The molecule has 22 heavy (non-hydrogen) atoms. The first kappa shape index (κ1) is 14.4. The Labute approximate surface area is 130 Å². The molecule has 0 fully saturated rings. The quantitative estimate of drug-likeness (QED) is 0.710. The fourth-order valence-electron chi connectivity index (χ4n) is 2.45. The highest BCUT2D eigenvalue weighted by atomic mass is 35.5. The second-order valence-electron chi connectivity index (χ2n) is 5.02. The number of nitrogens with one attached hydrogen (secondary N) is 1. The molecular weight excluding hydrogens is 306 g/mol. The number of H-pyrrole nitrogens is 1. The van der Waals surface area contributed by atoms with Gasteiger partial charge in [-0.15, -0.1) is 0 Å². The van der Waals surface area contributed by atoms with E-state index in [1.54, 1.807) is 32.0 Å². The third-order valence-electron chi connectivity index (χ3n) is 3.46. The van der Waals surface area contributed by atoms with E-state index in [2.05, 4.69) is 4.98 Å². The van der Waals surface area contributed by atoms with Crippen LogP contribution in [0.2, 0.25) is 5.02 Å². The average Bonchev–Trinajstić information content (AvgIpc) is 2.77. The van der Waals surface area contributed by atoms with E-state index in [0.717, 1.165) is 0 Å². The van der Waals surface area contributed by atoms with Gasteiger partial charge in [-0.3, -0.25) is 9.59 Å². The van der Waals surface area contributed by atoms with Crippen molar-refractivity contribution in [3.63, 3.8) is 0 Å². The lowest BCUT2D eigenvalue weighted by atomic mass is 10.0. The Balaban J connectivity index is 2.27. The molecule has 0 saturated carbocycles. The van der Waals surface area contributed by atoms with E-state index in [0.29, 0.717) is 27.4 Å². The third kappa shape index (κ3) is 2.19.